The Labute approximate surface area is 108 Å². The van der Waals surface area contributed by atoms with Gasteiger partial charge in [-0.15, -0.1) is 0 Å². The molecule has 0 aromatic carbocycles. The fourth-order valence-electron chi connectivity index (χ4n) is 1.81. The maximum absolute atomic E-state index is 6.17. The van der Waals surface area contributed by atoms with Crippen LogP contribution in [0.2, 0.25) is 5.02 Å². The molecule has 1 aromatic rings. The van der Waals surface area contributed by atoms with Gasteiger partial charge in [-0.1, -0.05) is 11.6 Å². The van der Waals surface area contributed by atoms with Crippen LogP contribution in [0.4, 0.5) is 0 Å². The zero-order chi connectivity index (χ0) is 12.3. The van der Waals surface area contributed by atoms with E-state index >= 15 is 0 Å². The van der Waals surface area contributed by atoms with E-state index in [1.165, 1.54) is 12.8 Å². The van der Waals surface area contributed by atoms with Crippen molar-refractivity contribution < 1.29 is 0 Å². The van der Waals surface area contributed by atoms with Crippen molar-refractivity contribution >= 4 is 11.6 Å². The predicted octanol–water partition coefficient (Wildman–Crippen LogP) is 1.39. The summed E-state index contributed by atoms with van der Waals surface area (Å²) >= 11 is 6.17. The number of nitrogens with one attached hydrogen (secondary N) is 1. The third-order valence-corrected chi connectivity index (χ3v) is 3.34. The molecule has 1 aliphatic carbocycles. The monoisotopic (exact) mass is 256 g/mol. The lowest BCUT2D eigenvalue weighted by atomic mass is 10.3. The summed E-state index contributed by atoms with van der Waals surface area (Å²) in [7, 11) is 4.14. The normalized spacial score (nSPS) is 15.8. The first-order valence-corrected chi connectivity index (χ1v) is 6.63. The SMILES string of the molecule is CN(C)CCn1ncc(Cl)c1CCNC1CC1. The summed E-state index contributed by atoms with van der Waals surface area (Å²) in [4.78, 5) is 2.15. The molecule has 0 saturated heterocycles. The Morgan fingerprint density at radius 3 is 2.94 bits per heavy atom. The number of hydrogen-bond donors (Lipinski definition) is 1. The molecule has 4 nitrogen and oxygen atoms in total. The average Bonchev–Trinajstić information content (AvgIpc) is 3.03. The summed E-state index contributed by atoms with van der Waals surface area (Å²) < 4.78 is 2.02. The van der Waals surface area contributed by atoms with E-state index in [-0.39, 0.29) is 0 Å². The molecule has 1 N–H and O–H groups in total. The van der Waals surface area contributed by atoms with Crippen molar-refractivity contribution in [3.8, 4) is 0 Å². The Hall–Kier alpha value is -0.580. The van der Waals surface area contributed by atoms with Gasteiger partial charge in [0.25, 0.3) is 0 Å². The van der Waals surface area contributed by atoms with Crippen molar-refractivity contribution in [2.45, 2.75) is 31.8 Å². The molecular formula is C12H21ClN4. The fourth-order valence-corrected chi connectivity index (χ4v) is 2.04. The van der Waals surface area contributed by atoms with Crippen molar-refractivity contribution in [2.24, 2.45) is 0 Å². The van der Waals surface area contributed by atoms with Crippen LogP contribution in [0.3, 0.4) is 0 Å². The first kappa shape index (κ1) is 12.9. The molecule has 0 unspecified atom stereocenters. The molecule has 1 aliphatic rings. The number of hydrogen-bond acceptors (Lipinski definition) is 3. The van der Waals surface area contributed by atoms with E-state index < -0.39 is 0 Å². The highest BCUT2D eigenvalue weighted by Crippen LogP contribution is 2.19. The summed E-state index contributed by atoms with van der Waals surface area (Å²) in [5.41, 5.74) is 1.15. The molecule has 2 rings (SSSR count). The molecule has 1 heterocycles. The van der Waals surface area contributed by atoms with Gasteiger partial charge in [-0.2, -0.15) is 5.10 Å². The lowest BCUT2D eigenvalue weighted by Gasteiger charge is -2.12. The van der Waals surface area contributed by atoms with Gasteiger partial charge in [-0.3, -0.25) is 4.68 Å². The molecule has 1 aromatic heterocycles. The third kappa shape index (κ3) is 3.98. The molecule has 0 aliphatic heterocycles. The third-order valence-electron chi connectivity index (χ3n) is 3.03. The van der Waals surface area contributed by atoms with Crippen molar-refractivity contribution in [3.05, 3.63) is 16.9 Å². The largest absolute Gasteiger partial charge is 0.314 e. The van der Waals surface area contributed by atoms with Gasteiger partial charge in [0.1, 0.15) is 0 Å². The summed E-state index contributed by atoms with van der Waals surface area (Å²) in [6.45, 7) is 2.89. The van der Waals surface area contributed by atoms with Crippen molar-refractivity contribution in [1.82, 2.24) is 20.0 Å². The Kier molecular flexibility index (Phi) is 4.42. The summed E-state index contributed by atoms with van der Waals surface area (Å²) in [5.74, 6) is 0. The maximum atomic E-state index is 6.17. The van der Waals surface area contributed by atoms with Crippen LogP contribution >= 0.6 is 11.6 Å². The highest BCUT2D eigenvalue weighted by atomic mass is 35.5. The van der Waals surface area contributed by atoms with Crippen molar-refractivity contribution in [1.29, 1.82) is 0 Å². The summed E-state index contributed by atoms with van der Waals surface area (Å²) in [6.07, 6.45) is 5.37. The topological polar surface area (TPSA) is 33.1 Å². The number of aromatic nitrogens is 2. The van der Waals surface area contributed by atoms with Gasteiger partial charge < -0.3 is 10.2 Å². The van der Waals surface area contributed by atoms with Crippen molar-refractivity contribution in [3.63, 3.8) is 0 Å². The lowest BCUT2D eigenvalue weighted by Crippen LogP contribution is -2.23. The molecule has 96 valence electrons. The number of likely N-dealkylation sites (N-methyl/N-ethyl adjacent to an activating group) is 1. The van der Waals surface area contributed by atoms with E-state index in [4.69, 9.17) is 11.6 Å². The highest BCUT2D eigenvalue weighted by Gasteiger charge is 2.20. The first-order chi connectivity index (χ1) is 8.16. The summed E-state index contributed by atoms with van der Waals surface area (Å²) in [5, 5.41) is 8.63. The van der Waals surface area contributed by atoms with Crippen LogP contribution in [0.15, 0.2) is 6.20 Å². The predicted molar refractivity (Wildman–Crippen MR) is 70.5 cm³/mol. The fraction of sp³-hybridized carbons (Fsp3) is 0.750. The Morgan fingerprint density at radius 2 is 2.29 bits per heavy atom. The van der Waals surface area contributed by atoms with Gasteiger partial charge in [-0.25, -0.2) is 0 Å². The van der Waals surface area contributed by atoms with E-state index in [9.17, 15) is 0 Å². The minimum Gasteiger partial charge on any atom is -0.314 e. The standard InChI is InChI=1S/C12H21ClN4/c1-16(2)7-8-17-12(11(13)9-15-17)5-6-14-10-3-4-10/h9-10,14H,3-8H2,1-2H3. The molecule has 1 saturated carbocycles. The molecular weight excluding hydrogens is 236 g/mol. The van der Waals surface area contributed by atoms with Gasteiger partial charge in [0.15, 0.2) is 0 Å². The Morgan fingerprint density at radius 1 is 1.53 bits per heavy atom. The first-order valence-electron chi connectivity index (χ1n) is 6.25. The lowest BCUT2D eigenvalue weighted by molar-refractivity contribution is 0.369. The molecule has 0 amide bonds. The molecule has 0 bridgehead atoms. The quantitative estimate of drug-likeness (QED) is 0.801. The van der Waals surface area contributed by atoms with Crippen LogP contribution in [0.1, 0.15) is 18.5 Å². The van der Waals surface area contributed by atoms with E-state index in [1.54, 1.807) is 6.20 Å². The van der Waals surface area contributed by atoms with Crippen LogP contribution in [0.25, 0.3) is 0 Å². The van der Waals surface area contributed by atoms with Gasteiger partial charge in [0, 0.05) is 25.6 Å². The highest BCUT2D eigenvalue weighted by molar-refractivity contribution is 6.31. The average molecular weight is 257 g/mol. The molecule has 0 atom stereocenters. The van der Waals surface area contributed by atoms with E-state index in [1.807, 2.05) is 4.68 Å². The zero-order valence-corrected chi connectivity index (χ0v) is 11.4. The second kappa shape index (κ2) is 5.85. The maximum Gasteiger partial charge on any atom is 0.0818 e. The number of nitrogens with zero attached hydrogens (tertiary/aromatic N) is 3. The minimum atomic E-state index is 0.756. The molecule has 1 fully saturated rings. The van der Waals surface area contributed by atoms with E-state index in [0.29, 0.717) is 0 Å². The van der Waals surface area contributed by atoms with Gasteiger partial charge in [-0.05, 0) is 26.9 Å². The van der Waals surface area contributed by atoms with Crippen LogP contribution in [-0.2, 0) is 13.0 Å². The second-order valence-corrected chi connectivity index (χ2v) is 5.35. The van der Waals surface area contributed by atoms with E-state index in [0.717, 1.165) is 42.8 Å². The van der Waals surface area contributed by atoms with Crippen LogP contribution in [0, 0.1) is 0 Å². The van der Waals surface area contributed by atoms with E-state index in [2.05, 4.69) is 29.4 Å². The zero-order valence-electron chi connectivity index (χ0n) is 10.6. The van der Waals surface area contributed by atoms with Gasteiger partial charge in [0.2, 0.25) is 0 Å². The molecule has 0 radical (unpaired) electrons. The number of rotatable bonds is 7. The van der Waals surface area contributed by atoms with Crippen LogP contribution in [0.5, 0.6) is 0 Å². The molecule has 17 heavy (non-hydrogen) atoms. The van der Waals surface area contributed by atoms with Crippen molar-refractivity contribution in [2.75, 3.05) is 27.2 Å². The minimum absolute atomic E-state index is 0.756. The molecule has 5 heteroatoms. The summed E-state index contributed by atoms with van der Waals surface area (Å²) in [6, 6.07) is 0.756. The Balaban J connectivity index is 1.86. The smallest absolute Gasteiger partial charge is 0.0818 e. The number of halogens is 1. The van der Waals surface area contributed by atoms with Gasteiger partial charge in [0.05, 0.1) is 23.5 Å². The molecule has 0 spiro atoms. The van der Waals surface area contributed by atoms with Gasteiger partial charge >= 0.3 is 0 Å². The van der Waals surface area contributed by atoms with Crippen LogP contribution in [-0.4, -0.2) is 47.9 Å². The Bertz CT molecular complexity index is 357. The second-order valence-electron chi connectivity index (χ2n) is 4.94. The van der Waals surface area contributed by atoms with Crippen LogP contribution < -0.4 is 5.32 Å².